The second-order valence-corrected chi connectivity index (χ2v) is 5.46. The number of carboxylic acids is 1. The third kappa shape index (κ3) is 4.06. The monoisotopic (exact) mass is 272 g/mol. The van der Waals surface area contributed by atoms with Gasteiger partial charge in [-0.3, -0.25) is 10.1 Å². The fourth-order valence-corrected chi connectivity index (χ4v) is 2.68. The van der Waals surface area contributed by atoms with E-state index in [1.807, 2.05) is 13.8 Å². The lowest BCUT2D eigenvalue weighted by Crippen LogP contribution is -2.52. The van der Waals surface area contributed by atoms with Gasteiger partial charge in [-0.1, -0.05) is 6.92 Å². The normalized spacial score (nSPS) is 24.0. The number of carbonyl (C=O) groups excluding carboxylic acids is 2. The first-order valence-corrected chi connectivity index (χ1v) is 6.61. The molecular formula is C11H16N2O4S. The zero-order valence-corrected chi connectivity index (χ0v) is 11.1. The van der Waals surface area contributed by atoms with Gasteiger partial charge in [-0.25, -0.2) is 9.59 Å². The number of urea groups is 1. The molecule has 0 spiro atoms. The quantitative estimate of drug-likeness (QED) is 0.722. The van der Waals surface area contributed by atoms with Crippen molar-refractivity contribution in [3.8, 4) is 0 Å². The van der Waals surface area contributed by atoms with Crippen LogP contribution in [0.15, 0.2) is 12.2 Å². The largest absolute Gasteiger partial charge is 0.478 e. The van der Waals surface area contributed by atoms with Crippen molar-refractivity contribution < 1.29 is 19.5 Å². The lowest BCUT2D eigenvalue weighted by molar-refractivity contribution is -0.131. The fourth-order valence-electron chi connectivity index (χ4n) is 1.59. The number of imide groups is 1. The Morgan fingerprint density at radius 3 is 2.61 bits per heavy atom. The van der Waals surface area contributed by atoms with E-state index in [1.54, 1.807) is 16.7 Å². The molecule has 0 saturated carbocycles. The van der Waals surface area contributed by atoms with Gasteiger partial charge in [-0.05, 0) is 6.92 Å². The van der Waals surface area contributed by atoms with Crippen LogP contribution in [0.25, 0.3) is 0 Å². The van der Waals surface area contributed by atoms with Crippen LogP contribution < -0.4 is 5.32 Å². The van der Waals surface area contributed by atoms with Crippen molar-refractivity contribution in [1.29, 1.82) is 0 Å². The average molecular weight is 272 g/mol. The minimum absolute atomic E-state index is 0.0417. The van der Waals surface area contributed by atoms with E-state index in [-0.39, 0.29) is 6.04 Å². The molecule has 0 aromatic heterocycles. The predicted molar refractivity (Wildman–Crippen MR) is 68.4 cm³/mol. The second kappa shape index (κ2) is 6.44. The molecule has 6 nitrogen and oxygen atoms in total. The van der Waals surface area contributed by atoms with Gasteiger partial charge in [-0.2, -0.15) is 11.8 Å². The Balaban J connectivity index is 2.54. The van der Waals surface area contributed by atoms with Crippen LogP contribution in [0.1, 0.15) is 13.8 Å². The van der Waals surface area contributed by atoms with Crippen LogP contribution in [0.3, 0.4) is 0 Å². The molecule has 100 valence electrons. The van der Waals surface area contributed by atoms with E-state index >= 15 is 0 Å². The van der Waals surface area contributed by atoms with Crippen LogP contribution in [-0.4, -0.2) is 51.5 Å². The molecule has 1 fully saturated rings. The Bertz CT molecular complexity index is 383. The molecule has 18 heavy (non-hydrogen) atoms. The molecule has 1 heterocycles. The topological polar surface area (TPSA) is 86.7 Å². The lowest BCUT2D eigenvalue weighted by atomic mass is 10.2. The number of aliphatic carboxylic acids is 1. The number of hydrogen-bond acceptors (Lipinski definition) is 4. The van der Waals surface area contributed by atoms with Gasteiger partial charge in [0.05, 0.1) is 0 Å². The minimum Gasteiger partial charge on any atom is -0.478 e. The standard InChI is InChI=1S/C11H16N2O4S/c1-7-8(2)18-6-5-13(7)11(17)12-9(14)3-4-10(15)16/h3-4,7-8H,5-6H2,1-2H3,(H,15,16)(H,12,14,17)/b4-3+. The van der Waals surface area contributed by atoms with Gasteiger partial charge >= 0.3 is 12.0 Å². The van der Waals surface area contributed by atoms with Gasteiger partial charge in [0, 0.05) is 35.7 Å². The highest BCUT2D eigenvalue weighted by Crippen LogP contribution is 2.23. The van der Waals surface area contributed by atoms with Crippen molar-refractivity contribution in [2.75, 3.05) is 12.3 Å². The van der Waals surface area contributed by atoms with Crippen LogP contribution in [0.4, 0.5) is 4.79 Å². The van der Waals surface area contributed by atoms with Gasteiger partial charge in [0.25, 0.3) is 5.91 Å². The van der Waals surface area contributed by atoms with Gasteiger partial charge in [0.2, 0.25) is 0 Å². The number of carboxylic acid groups (broad SMARTS) is 1. The van der Waals surface area contributed by atoms with E-state index in [0.29, 0.717) is 17.9 Å². The molecule has 1 aliphatic heterocycles. The molecule has 1 aliphatic rings. The molecule has 0 aliphatic carbocycles. The summed E-state index contributed by atoms with van der Waals surface area (Å²) in [4.78, 5) is 34.9. The minimum atomic E-state index is -1.23. The highest BCUT2D eigenvalue weighted by atomic mass is 32.2. The predicted octanol–water partition coefficient (Wildman–Crippen LogP) is 0.689. The van der Waals surface area contributed by atoms with Crippen LogP contribution in [0.5, 0.6) is 0 Å². The Kier molecular flexibility index (Phi) is 5.21. The van der Waals surface area contributed by atoms with Gasteiger partial charge in [0.15, 0.2) is 0 Å². The molecule has 0 aromatic carbocycles. The fraction of sp³-hybridized carbons (Fsp3) is 0.545. The summed E-state index contributed by atoms with van der Waals surface area (Å²) in [5.41, 5.74) is 0. The summed E-state index contributed by atoms with van der Waals surface area (Å²) >= 11 is 1.78. The van der Waals surface area contributed by atoms with Crippen molar-refractivity contribution in [1.82, 2.24) is 10.2 Å². The molecule has 1 rings (SSSR count). The number of hydrogen-bond donors (Lipinski definition) is 2. The number of carbonyl (C=O) groups is 3. The van der Waals surface area contributed by atoms with E-state index in [0.717, 1.165) is 11.8 Å². The summed E-state index contributed by atoms with van der Waals surface area (Å²) in [6.45, 7) is 4.53. The third-order valence-corrected chi connectivity index (χ3v) is 4.09. The number of amides is 3. The molecule has 0 bridgehead atoms. The van der Waals surface area contributed by atoms with Crippen molar-refractivity contribution in [2.24, 2.45) is 0 Å². The first-order chi connectivity index (χ1) is 8.41. The Labute approximate surface area is 109 Å². The van der Waals surface area contributed by atoms with Crippen molar-refractivity contribution in [2.45, 2.75) is 25.1 Å². The van der Waals surface area contributed by atoms with Crippen molar-refractivity contribution in [3.05, 3.63) is 12.2 Å². The smallest absolute Gasteiger partial charge is 0.328 e. The number of nitrogens with zero attached hydrogens (tertiary/aromatic N) is 1. The van der Waals surface area contributed by atoms with E-state index < -0.39 is 17.9 Å². The summed E-state index contributed by atoms with van der Waals surface area (Å²) in [5, 5.41) is 10.8. The van der Waals surface area contributed by atoms with E-state index in [2.05, 4.69) is 5.32 Å². The van der Waals surface area contributed by atoms with Crippen molar-refractivity contribution >= 4 is 29.7 Å². The maximum Gasteiger partial charge on any atom is 0.328 e. The average Bonchev–Trinajstić information content (AvgIpc) is 2.30. The van der Waals surface area contributed by atoms with Crippen LogP contribution in [0, 0.1) is 0 Å². The molecule has 2 atom stereocenters. The second-order valence-electron chi connectivity index (χ2n) is 3.98. The summed E-state index contributed by atoms with van der Waals surface area (Å²) in [5.74, 6) is -1.12. The number of nitrogens with one attached hydrogen (secondary N) is 1. The molecule has 0 radical (unpaired) electrons. The maximum atomic E-state index is 11.8. The SMILES string of the molecule is CC1SCCN(C(=O)NC(=O)/C=C/C(=O)O)C1C. The van der Waals surface area contributed by atoms with Gasteiger partial charge < -0.3 is 10.0 Å². The summed E-state index contributed by atoms with van der Waals surface area (Å²) < 4.78 is 0. The van der Waals surface area contributed by atoms with E-state index in [1.165, 1.54) is 0 Å². The molecule has 1 saturated heterocycles. The zero-order chi connectivity index (χ0) is 13.7. The van der Waals surface area contributed by atoms with Crippen molar-refractivity contribution in [3.63, 3.8) is 0 Å². The first-order valence-electron chi connectivity index (χ1n) is 5.56. The molecule has 3 amide bonds. The lowest BCUT2D eigenvalue weighted by Gasteiger charge is -2.37. The summed E-state index contributed by atoms with van der Waals surface area (Å²) in [6, 6.07) is -0.435. The van der Waals surface area contributed by atoms with E-state index in [9.17, 15) is 14.4 Å². The molecular weight excluding hydrogens is 256 g/mol. The van der Waals surface area contributed by atoms with Gasteiger partial charge in [-0.15, -0.1) is 0 Å². The molecule has 0 aromatic rings. The zero-order valence-electron chi connectivity index (χ0n) is 10.3. The van der Waals surface area contributed by atoms with Crippen LogP contribution >= 0.6 is 11.8 Å². The Morgan fingerprint density at radius 1 is 1.33 bits per heavy atom. The highest BCUT2D eigenvalue weighted by Gasteiger charge is 2.29. The number of thioether (sulfide) groups is 1. The molecule has 7 heteroatoms. The summed E-state index contributed by atoms with van der Waals surface area (Å²) in [7, 11) is 0. The van der Waals surface area contributed by atoms with Crippen LogP contribution in [-0.2, 0) is 9.59 Å². The third-order valence-electron chi connectivity index (χ3n) is 2.75. The Hall–Kier alpha value is -1.50. The van der Waals surface area contributed by atoms with Gasteiger partial charge in [0.1, 0.15) is 0 Å². The molecule has 2 N–H and O–H groups in total. The maximum absolute atomic E-state index is 11.8. The highest BCUT2D eigenvalue weighted by molar-refractivity contribution is 8.00. The molecule has 2 unspecified atom stereocenters. The number of rotatable bonds is 2. The Morgan fingerprint density at radius 2 is 2.00 bits per heavy atom. The first kappa shape index (κ1) is 14.6. The van der Waals surface area contributed by atoms with Crippen LogP contribution in [0.2, 0.25) is 0 Å². The summed E-state index contributed by atoms with van der Waals surface area (Å²) in [6.07, 6.45) is 1.52. The van der Waals surface area contributed by atoms with E-state index in [4.69, 9.17) is 5.11 Å².